The standard InChI is InChI=1S/C24H33ClN4O2S.C3H7NO/c1-29(2)14-6-9-22(30)26-16-20(17-7-4-3-5-8-17)27-23(31)12-13-24-28-19-11-10-18(25)15-21(19)32-24;1-2-3(4)5/h6,9-11,15,17,20H,3-5,7-8,12-14,16H2,1-2H3,(H,26,30)(H,27,31);2H2,1H3,(H2,4,5)/b9-6+;/t20-;/m1./s1. The largest absolute Gasteiger partial charge is 0.370 e. The number of nitrogens with two attached hydrogens (primary N) is 1. The van der Waals surface area contributed by atoms with Crippen LogP contribution in [0.1, 0.15) is 56.9 Å². The summed E-state index contributed by atoms with van der Waals surface area (Å²) in [6.45, 7) is 2.90. The molecular weight excluding hydrogens is 510 g/mol. The first-order valence-corrected chi connectivity index (χ1v) is 14.1. The number of nitrogens with zero attached hydrogens (tertiary/aromatic N) is 2. The summed E-state index contributed by atoms with van der Waals surface area (Å²) in [6, 6.07) is 5.61. The lowest BCUT2D eigenvalue weighted by Gasteiger charge is -2.31. The minimum Gasteiger partial charge on any atom is -0.370 e. The van der Waals surface area contributed by atoms with Gasteiger partial charge in [-0.2, -0.15) is 0 Å². The van der Waals surface area contributed by atoms with E-state index in [1.807, 2.05) is 43.3 Å². The normalized spacial score (nSPS) is 14.8. The second-order valence-corrected chi connectivity index (χ2v) is 11.1. The third kappa shape index (κ3) is 12.1. The van der Waals surface area contributed by atoms with E-state index in [1.54, 1.807) is 24.3 Å². The molecule has 1 heterocycles. The molecule has 4 N–H and O–H groups in total. The van der Waals surface area contributed by atoms with Gasteiger partial charge in [0.2, 0.25) is 17.7 Å². The minimum atomic E-state index is -0.245. The molecule has 2 aromatic rings. The number of aryl methyl sites for hydroxylation is 1. The molecule has 204 valence electrons. The van der Waals surface area contributed by atoms with Gasteiger partial charge >= 0.3 is 0 Å². The summed E-state index contributed by atoms with van der Waals surface area (Å²) in [4.78, 5) is 41.1. The van der Waals surface area contributed by atoms with E-state index in [4.69, 9.17) is 11.6 Å². The van der Waals surface area contributed by atoms with E-state index in [1.165, 1.54) is 19.3 Å². The number of hydrogen-bond acceptors (Lipinski definition) is 6. The zero-order valence-corrected chi connectivity index (χ0v) is 23.7. The Balaban J connectivity index is 0.000000877. The maximum atomic E-state index is 12.7. The van der Waals surface area contributed by atoms with Crippen LogP contribution >= 0.6 is 22.9 Å². The van der Waals surface area contributed by atoms with Crippen molar-refractivity contribution in [3.63, 3.8) is 0 Å². The molecule has 1 saturated carbocycles. The molecule has 1 aliphatic rings. The number of aromatic nitrogens is 1. The molecule has 3 amide bonds. The second kappa shape index (κ2) is 16.4. The highest BCUT2D eigenvalue weighted by atomic mass is 35.5. The van der Waals surface area contributed by atoms with Crippen molar-refractivity contribution < 1.29 is 14.4 Å². The predicted molar refractivity (Wildman–Crippen MR) is 152 cm³/mol. The fourth-order valence-corrected chi connectivity index (χ4v) is 5.31. The number of hydrogen-bond donors (Lipinski definition) is 3. The number of likely N-dealkylation sites (N-methyl/N-ethyl adjacent to an activating group) is 1. The first-order chi connectivity index (χ1) is 17.7. The molecule has 1 fully saturated rings. The van der Waals surface area contributed by atoms with Crippen LogP contribution in [-0.4, -0.2) is 60.8 Å². The van der Waals surface area contributed by atoms with Crippen molar-refractivity contribution in [1.82, 2.24) is 20.5 Å². The molecule has 1 aromatic heterocycles. The quantitative estimate of drug-likeness (QED) is 0.365. The Hall–Kier alpha value is -2.49. The molecule has 1 aromatic carbocycles. The highest BCUT2D eigenvalue weighted by molar-refractivity contribution is 7.18. The van der Waals surface area contributed by atoms with E-state index in [-0.39, 0.29) is 23.8 Å². The summed E-state index contributed by atoms with van der Waals surface area (Å²) in [5.41, 5.74) is 5.57. The van der Waals surface area contributed by atoms with E-state index in [0.717, 1.165) is 28.1 Å². The number of halogens is 1. The molecule has 0 radical (unpaired) electrons. The van der Waals surface area contributed by atoms with E-state index < -0.39 is 0 Å². The predicted octanol–water partition coefficient (Wildman–Crippen LogP) is 4.06. The molecule has 37 heavy (non-hydrogen) atoms. The summed E-state index contributed by atoms with van der Waals surface area (Å²) in [6.07, 6.45) is 10.6. The Bertz CT molecular complexity index is 1050. The molecule has 10 heteroatoms. The van der Waals surface area contributed by atoms with Gasteiger partial charge in [0.1, 0.15) is 0 Å². The third-order valence-electron chi connectivity index (χ3n) is 6.11. The van der Waals surface area contributed by atoms with Crippen LogP contribution in [0.4, 0.5) is 0 Å². The Morgan fingerprint density at radius 2 is 1.95 bits per heavy atom. The monoisotopic (exact) mass is 549 g/mol. The zero-order chi connectivity index (χ0) is 27.2. The number of rotatable bonds is 11. The first-order valence-electron chi connectivity index (χ1n) is 12.9. The summed E-state index contributed by atoms with van der Waals surface area (Å²) in [5, 5.41) is 7.80. The van der Waals surface area contributed by atoms with Crippen molar-refractivity contribution >= 4 is 50.9 Å². The maximum Gasteiger partial charge on any atom is 0.243 e. The Labute approximate surface area is 229 Å². The molecule has 0 bridgehead atoms. The maximum absolute atomic E-state index is 12.7. The lowest BCUT2D eigenvalue weighted by atomic mass is 9.83. The summed E-state index contributed by atoms with van der Waals surface area (Å²) >= 11 is 7.64. The second-order valence-electron chi connectivity index (χ2n) is 9.52. The van der Waals surface area contributed by atoms with Crippen molar-refractivity contribution in [1.29, 1.82) is 0 Å². The SMILES string of the molecule is CCC(N)=O.CN(C)C/C=C/C(=O)NC[C@@H](NC(=O)CCc1nc2ccc(Cl)cc2s1)C1CCCCC1. The lowest BCUT2D eigenvalue weighted by Crippen LogP contribution is -2.48. The third-order valence-corrected chi connectivity index (χ3v) is 7.42. The Morgan fingerprint density at radius 1 is 1.24 bits per heavy atom. The van der Waals surface area contributed by atoms with E-state index >= 15 is 0 Å². The van der Waals surface area contributed by atoms with Crippen LogP contribution < -0.4 is 16.4 Å². The number of primary amides is 1. The number of fused-ring (bicyclic) bond motifs is 1. The van der Waals surface area contributed by atoms with Crippen LogP contribution in [0.2, 0.25) is 5.02 Å². The zero-order valence-electron chi connectivity index (χ0n) is 22.1. The summed E-state index contributed by atoms with van der Waals surface area (Å²) in [5.74, 6) is 0.0543. The number of nitrogens with one attached hydrogen (secondary N) is 2. The Kier molecular flexibility index (Phi) is 13.6. The average Bonchev–Trinajstić information content (AvgIpc) is 3.28. The summed E-state index contributed by atoms with van der Waals surface area (Å²) in [7, 11) is 3.92. The van der Waals surface area contributed by atoms with E-state index in [0.29, 0.717) is 43.3 Å². The van der Waals surface area contributed by atoms with Gasteiger partial charge in [0.15, 0.2) is 0 Å². The molecule has 0 aliphatic heterocycles. The molecule has 3 rings (SSSR count). The van der Waals surface area contributed by atoms with Crippen LogP contribution in [-0.2, 0) is 20.8 Å². The number of amides is 3. The number of carbonyl (C=O) groups excluding carboxylic acids is 3. The van der Waals surface area contributed by atoms with Crippen molar-refractivity contribution in [2.75, 3.05) is 27.2 Å². The first kappa shape index (κ1) is 30.7. The molecule has 0 spiro atoms. The lowest BCUT2D eigenvalue weighted by molar-refractivity contribution is -0.123. The van der Waals surface area contributed by atoms with Gasteiger partial charge in [-0.1, -0.05) is 43.9 Å². The van der Waals surface area contributed by atoms with Crippen molar-refractivity contribution in [2.24, 2.45) is 11.7 Å². The van der Waals surface area contributed by atoms with E-state index in [2.05, 4.69) is 21.4 Å². The van der Waals surface area contributed by atoms with Crippen LogP contribution in [0.3, 0.4) is 0 Å². The van der Waals surface area contributed by atoms with Crippen molar-refractivity contribution in [3.8, 4) is 0 Å². The number of thiazole rings is 1. The highest BCUT2D eigenvalue weighted by Gasteiger charge is 2.25. The highest BCUT2D eigenvalue weighted by Crippen LogP contribution is 2.27. The van der Waals surface area contributed by atoms with E-state index in [9.17, 15) is 14.4 Å². The van der Waals surface area contributed by atoms with Crippen molar-refractivity contribution in [2.45, 2.75) is 64.3 Å². The van der Waals surface area contributed by atoms with Crippen LogP contribution in [0.5, 0.6) is 0 Å². The molecule has 1 atom stereocenters. The number of carbonyl (C=O) groups is 3. The smallest absolute Gasteiger partial charge is 0.243 e. The van der Waals surface area contributed by atoms with Gasteiger partial charge < -0.3 is 21.3 Å². The van der Waals surface area contributed by atoms with Gasteiger partial charge in [-0.15, -0.1) is 11.3 Å². The molecule has 0 unspecified atom stereocenters. The Morgan fingerprint density at radius 3 is 2.59 bits per heavy atom. The van der Waals surface area contributed by atoms with Gasteiger partial charge in [-0.05, 0) is 51.1 Å². The van der Waals surface area contributed by atoms with Crippen molar-refractivity contribution in [3.05, 3.63) is 40.4 Å². The molecule has 0 saturated heterocycles. The average molecular weight is 550 g/mol. The van der Waals surface area contributed by atoms with Gasteiger partial charge in [0.25, 0.3) is 0 Å². The van der Waals surface area contributed by atoms with Gasteiger partial charge in [-0.25, -0.2) is 4.98 Å². The molecule has 1 aliphatic carbocycles. The molecule has 8 nitrogen and oxygen atoms in total. The summed E-state index contributed by atoms with van der Waals surface area (Å²) < 4.78 is 1.04. The number of benzene rings is 1. The fourth-order valence-electron chi connectivity index (χ4n) is 4.06. The van der Waals surface area contributed by atoms with Crippen LogP contribution in [0, 0.1) is 5.92 Å². The van der Waals surface area contributed by atoms with Gasteiger partial charge in [-0.3, -0.25) is 14.4 Å². The van der Waals surface area contributed by atoms with Gasteiger partial charge in [0.05, 0.1) is 15.2 Å². The minimum absolute atomic E-state index is 0.00950. The fraction of sp³-hybridized carbons (Fsp3) is 0.556. The van der Waals surface area contributed by atoms with Crippen LogP contribution in [0.25, 0.3) is 10.2 Å². The topological polar surface area (TPSA) is 117 Å². The van der Waals surface area contributed by atoms with Crippen LogP contribution in [0.15, 0.2) is 30.4 Å². The molecular formula is C27H40ClN5O3S. The van der Waals surface area contributed by atoms with Gasteiger partial charge in [0, 0.05) is 49.5 Å².